The first-order valence-electron chi connectivity index (χ1n) is 5.44. The van der Waals surface area contributed by atoms with Crippen molar-refractivity contribution in [2.45, 2.75) is 31.8 Å². The van der Waals surface area contributed by atoms with Crippen molar-refractivity contribution in [1.29, 1.82) is 0 Å². The van der Waals surface area contributed by atoms with E-state index in [1.807, 2.05) is 6.92 Å². The second kappa shape index (κ2) is 5.32. The first-order chi connectivity index (χ1) is 7.06. The molecule has 1 saturated heterocycles. The molecular weight excluding hydrogens is 192 g/mol. The van der Waals surface area contributed by atoms with Crippen molar-refractivity contribution in [2.75, 3.05) is 27.2 Å². The van der Waals surface area contributed by atoms with Gasteiger partial charge in [0, 0.05) is 19.1 Å². The lowest BCUT2D eigenvalue weighted by molar-refractivity contribution is 0.133. The highest BCUT2D eigenvalue weighted by Gasteiger charge is 2.25. The van der Waals surface area contributed by atoms with Gasteiger partial charge in [-0.05, 0) is 33.9 Å². The molecule has 0 radical (unpaired) electrons. The van der Waals surface area contributed by atoms with E-state index < -0.39 is 0 Å². The van der Waals surface area contributed by atoms with Crippen LogP contribution in [0.1, 0.15) is 19.8 Å². The summed E-state index contributed by atoms with van der Waals surface area (Å²) >= 11 is 0. The van der Waals surface area contributed by atoms with Gasteiger partial charge in [-0.2, -0.15) is 0 Å². The molecule has 0 bridgehead atoms. The summed E-state index contributed by atoms with van der Waals surface area (Å²) in [5.74, 6) is 0.304. The molecule has 0 aromatic rings. The molecule has 0 spiro atoms. The number of amidine groups is 1. The van der Waals surface area contributed by atoms with E-state index in [2.05, 4.69) is 29.1 Å². The van der Waals surface area contributed by atoms with Crippen LogP contribution in [0.4, 0.5) is 0 Å². The van der Waals surface area contributed by atoms with Crippen LogP contribution in [0.2, 0.25) is 0 Å². The molecule has 88 valence electrons. The van der Waals surface area contributed by atoms with Gasteiger partial charge >= 0.3 is 0 Å². The number of piperidine rings is 1. The Labute approximate surface area is 91.5 Å². The Hall–Kier alpha value is -0.810. The number of rotatable bonds is 3. The minimum atomic E-state index is 0.0399. The monoisotopic (exact) mass is 214 g/mol. The topological polar surface area (TPSA) is 65.1 Å². The second-order valence-corrected chi connectivity index (χ2v) is 4.43. The summed E-state index contributed by atoms with van der Waals surface area (Å²) in [7, 11) is 4.24. The van der Waals surface area contributed by atoms with Gasteiger partial charge in [-0.1, -0.05) is 5.16 Å². The second-order valence-electron chi connectivity index (χ2n) is 4.43. The van der Waals surface area contributed by atoms with E-state index in [-0.39, 0.29) is 6.04 Å². The van der Waals surface area contributed by atoms with Crippen LogP contribution in [0.25, 0.3) is 0 Å². The number of nitrogens with two attached hydrogens (primary N) is 1. The first kappa shape index (κ1) is 12.3. The van der Waals surface area contributed by atoms with Crippen LogP contribution in [0.15, 0.2) is 5.16 Å². The van der Waals surface area contributed by atoms with E-state index in [4.69, 9.17) is 10.9 Å². The number of hydrogen-bond acceptors (Lipinski definition) is 4. The maximum absolute atomic E-state index is 8.60. The van der Waals surface area contributed by atoms with Crippen molar-refractivity contribution in [1.82, 2.24) is 9.80 Å². The fourth-order valence-corrected chi connectivity index (χ4v) is 2.06. The molecule has 0 saturated carbocycles. The molecule has 1 atom stereocenters. The summed E-state index contributed by atoms with van der Waals surface area (Å²) in [5.41, 5.74) is 5.59. The largest absolute Gasteiger partial charge is 0.409 e. The number of likely N-dealkylation sites (tertiary alicyclic amines) is 1. The van der Waals surface area contributed by atoms with Crippen LogP contribution >= 0.6 is 0 Å². The van der Waals surface area contributed by atoms with Crippen LogP contribution in [0.3, 0.4) is 0 Å². The normalized spacial score (nSPS) is 23.3. The third-order valence-corrected chi connectivity index (χ3v) is 3.32. The van der Waals surface area contributed by atoms with Crippen molar-refractivity contribution >= 4 is 5.84 Å². The van der Waals surface area contributed by atoms with E-state index in [1.165, 1.54) is 0 Å². The third-order valence-electron chi connectivity index (χ3n) is 3.32. The highest BCUT2D eigenvalue weighted by molar-refractivity contribution is 5.84. The summed E-state index contributed by atoms with van der Waals surface area (Å²) in [5, 5.41) is 11.7. The van der Waals surface area contributed by atoms with Gasteiger partial charge in [0.15, 0.2) is 5.84 Å². The van der Waals surface area contributed by atoms with Gasteiger partial charge in [-0.25, -0.2) is 0 Å². The predicted octanol–water partition coefficient (Wildman–Crippen LogP) is 0.147. The Kier molecular flexibility index (Phi) is 4.35. The number of nitrogens with zero attached hydrogens (tertiary/aromatic N) is 3. The average molecular weight is 214 g/mol. The molecule has 1 aliphatic rings. The number of oxime groups is 1. The van der Waals surface area contributed by atoms with Crippen molar-refractivity contribution in [3.05, 3.63) is 0 Å². The smallest absolute Gasteiger partial charge is 0.156 e. The molecule has 5 heteroatoms. The lowest BCUT2D eigenvalue weighted by Gasteiger charge is -2.37. The van der Waals surface area contributed by atoms with Gasteiger partial charge < -0.3 is 15.8 Å². The molecular formula is C10H22N4O. The Morgan fingerprint density at radius 2 is 2.00 bits per heavy atom. The molecule has 0 aromatic carbocycles. The molecule has 15 heavy (non-hydrogen) atoms. The Morgan fingerprint density at radius 1 is 1.47 bits per heavy atom. The lowest BCUT2D eigenvalue weighted by Crippen LogP contribution is -2.49. The lowest BCUT2D eigenvalue weighted by atomic mass is 10.0. The Balaban J connectivity index is 2.43. The quantitative estimate of drug-likeness (QED) is 0.304. The van der Waals surface area contributed by atoms with E-state index in [1.54, 1.807) is 0 Å². The third kappa shape index (κ3) is 3.07. The van der Waals surface area contributed by atoms with Crippen molar-refractivity contribution in [3.8, 4) is 0 Å². The minimum Gasteiger partial charge on any atom is -0.409 e. The van der Waals surface area contributed by atoms with Gasteiger partial charge in [-0.15, -0.1) is 0 Å². The molecule has 5 nitrogen and oxygen atoms in total. The van der Waals surface area contributed by atoms with Gasteiger partial charge in [-0.3, -0.25) is 4.90 Å². The predicted molar refractivity (Wildman–Crippen MR) is 61.2 cm³/mol. The highest BCUT2D eigenvalue weighted by atomic mass is 16.4. The highest BCUT2D eigenvalue weighted by Crippen LogP contribution is 2.16. The van der Waals surface area contributed by atoms with Gasteiger partial charge in [0.1, 0.15) is 0 Å². The minimum absolute atomic E-state index is 0.0399. The first-order valence-corrected chi connectivity index (χ1v) is 5.44. The molecule has 1 fully saturated rings. The van der Waals surface area contributed by atoms with Gasteiger partial charge in [0.05, 0.1) is 6.04 Å². The zero-order valence-corrected chi connectivity index (χ0v) is 9.85. The van der Waals surface area contributed by atoms with Crippen LogP contribution in [0, 0.1) is 0 Å². The molecule has 3 N–H and O–H groups in total. The molecule has 0 amide bonds. The van der Waals surface area contributed by atoms with Gasteiger partial charge in [0.25, 0.3) is 0 Å². The van der Waals surface area contributed by atoms with E-state index in [9.17, 15) is 0 Å². The molecule has 1 rings (SSSR count). The summed E-state index contributed by atoms with van der Waals surface area (Å²) in [4.78, 5) is 4.53. The molecule has 1 heterocycles. The maximum atomic E-state index is 8.60. The zero-order valence-electron chi connectivity index (χ0n) is 9.85. The fraction of sp³-hybridized carbons (Fsp3) is 0.900. The molecule has 1 aliphatic heterocycles. The summed E-state index contributed by atoms with van der Waals surface area (Å²) in [6, 6.07) is 0.707. The molecule has 0 aromatic heterocycles. The maximum Gasteiger partial charge on any atom is 0.156 e. The van der Waals surface area contributed by atoms with Crippen molar-refractivity contribution in [2.24, 2.45) is 10.9 Å². The van der Waals surface area contributed by atoms with E-state index >= 15 is 0 Å². The summed E-state index contributed by atoms with van der Waals surface area (Å²) < 4.78 is 0. The van der Waals surface area contributed by atoms with Crippen LogP contribution < -0.4 is 5.73 Å². The molecule has 1 unspecified atom stereocenters. The van der Waals surface area contributed by atoms with Crippen molar-refractivity contribution < 1.29 is 5.21 Å². The van der Waals surface area contributed by atoms with E-state index in [0.29, 0.717) is 11.9 Å². The standard InChI is InChI=1S/C10H22N4O/c1-8(10(11)12-15)14-6-4-9(5-7-14)13(2)3/h8-9,15H,4-7H2,1-3H3,(H2,11,12). The molecule has 0 aliphatic carbocycles. The zero-order chi connectivity index (χ0) is 11.4. The Morgan fingerprint density at radius 3 is 2.40 bits per heavy atom. The SMILES string of the molecule is CC(C(N)=NO)N1CCC(N(C)C)CC1. The van der Waals surface area contributed by atoms with Crippen LogP contribution in [-0.2, 0) is 0 Å². The van der Waals surface area contributed by atoms with Crippen molar-refractivity contribution in [3.63, 3.8) is 0 Å². The average Bonchev–Trinajstić information content (AvgIpc) is 2.27. The Bertz CT molecular complexity index is 221. The number of hydrogen-bond donors (Lipinski definition) is 2. The fourth-order valence-electron chi connectivity index (χ4n) is 2.06. The summed E-state index contributed by atoms with van der Waals surface area (Å²) in [6.45, 7) is 4.01. The van der Waals surface area contributed by atoms with Gasteiger partial charge in [0.2, 0.25) is 0 Å². The van der Waals surface area contributed by atoms with E-state index in [0.717, 1.165) is 25.9 Å². The van der Waals surface area contributed by atoms with Crippen LogP contribution in [0.5, 0.6) is 0 Å². The summed E-state index contributed by atoms with van der Waals surface area (Å²) in [6.07, 6.45) is 2.30. The van der Waals surface area contributed by atoms with Crippen LogP contribution in [-0.4, -0.2) is 60.1 Å².